The Morgan fingerprint density at radius 2 is 1.41 bits per heavy atom. The largest absolute Gasteiger partial charge is 0.444 e. The lowest BCUT2D eigenvalue weighted by molar-refractivity contribution is -0.115. The van der Waals surface area contributed by atoms with Crippen LogP contribution >= 0.6 is 0 Å². The van der Waals surface area contributed by atoms with E-state index in [1.165, 1.54) is 0 Å². The van der Waals surface area contributed by atoms with E-state index >= 15 is 0 Å². The minimum Gasteiger partial charge on any atom is -0.444 e. The van der Waals surface area contributed by atoms with Gasteiger partial charge in [0.2, 0.25) is 5.91 Å². The number of anilines is 2. The Morgan fingerprint density at radius 1 is 0.852 bits per heavy atom. The third kappa shape index (κ3) is 7.19. The molecule has 0 aliphatic carbocycles. The average Bonchev–Trinajstić information content (AvgIpc) is 2.61. The molecular formula is C20H23N3O4. The van der Waals surface area contributed by atoms with E-state index in [0.717, 1.165) is 0 Å². The zero-order chi connectivity index (χ0) is 19.9. The van der Waals surface area contributed by atoms with Crippen molar-refractivity contribution < 1.29 is 19.1 Å². The Morgan fingerprint density at radius 3 is 1.96 bits per heavy atom. The maximum atomic E-state index is 12.1. The molecule has 0 saturated heterocycles. The Balaban J connectivity index is 1.82. The number of alkyl carbamates (subject to hydrolysis) is 1. The van der Waals surface area contributed by atoms with Crippen molar-refractivity contribution in [2.45, 2.75) is 26.4 Å². The molecular weight excluding hydrogens is 346 g/mol. The number of hydrogen-bond acceptors (Lipinski definition) is 4. The summed E-state index contributed by atoms with van der Waals surface area (Å²) >= 11 is 0. The summed E-state index contributed by atoms with van der Waals surface area (Å²) in [4.78, 5) is 35.5. The van der Waals surface area contributed by atoms with Gasteiger partial charge in [-0.15, -0.1) is 0 Å². The van der Waals surface area contributed by atoms with Crippen LogP contribution in [0.15, 0.2) is 54.6 Å². The highest BCUT2D eigenvalue weighted by molar-refractivity contribution is 6.04. The van der Waals surface area contributed by atoms with Crippen molar-refractivity contribution in [1.29, 1.82) is 0 Å². The van der Waals surface area contributed by atoms with Crippen molar-refractivity contribution in [1.82, 2.24) is 5.32 Å². The van der Waals surface area contributed by atoms with E-state index in [1.54, 1.807) is 69.3 Å². The average molecular weight is 369 g/mol. The molecule has 0 bridgehead atoms. The molecule has 0 fully saturated rings. The first kappa shape index (κ1) is 20.0. The minimum atomic E-state index is -0.656. The smallest absolute Gasteiger partial charge is 0.408 e. The Kier molecular flexibility index (Phi) is 6.54. The Labute approximate surface area is 158 Å². The number of nitrogens with one attached hydrogen (secondary N) is 3. The highest BCUT2D eigenvalue weighted by Crippen LogP contribution is 2.14. The van der Waals surface area contributed by atoms with Gasteiger partial charge in [-0.25, -0.2) is 4.79 Å². The fourth-order valence-corrected chi connectivity index (χ4v) is 2.10. The van der Waals surface area contributed by atoms with Gasteiger partial charge in [-0.3, -0.25) is 9.59 Å². The molecule has 0 aliphatic rings. The molecule has 0 aromatic heterocycles. The maximum Gasteiger partial charge on any atom is 0.408 e. The molecule has 0 saturated carbocycles. The first-order valence-electron chi connectivity index (χ1n) is 8.46. The summed E-state index contributed by atoms with van der Waals surface area (Å²) in [6, 6.07) is 15.5. The number of ether oxygens (including phenoxy) is 1. The number of benzene rings is 2. The third-order valence-electron chi connectivity index (χ3n) is 3.25. The van der Waals surface area contributed by atoms with Gasteiger partial charge in [0.1, 0.15) is 12.1 Å². The van der Waals surface area contributed by atoms with E-state index in [2.05, 4.69) is 16.0 Å². The van der Waals surface area contributed by atoms with Gasteiger partial charge in [-0.1, -0.05) is 18.2 Å². The molecule has 0 atom stereocenters. The topological polar surface area (TPSA) is 96.5 Å². The fraction of sp³-hybridized carbons (Fsp3) is 0.250. The molecule has 2 rings (SSSR count). The van der Waals surface area contributed by atoms with E-state index in [9.17, 15) is 14.4 Å². The van der Waals surface area contributed by atoms with Crippen LogP contribution in [-0.4, -0.2) is 30.1 Å². The molecule has 142 valence electrons. The molecule has 2 aromatic rings. The van der Waals surface area contributed by atoms with Gasteiger partial charge in [0.05, 0.1) is 0 Å². The predicted molar refractivity (Wildman–Crippen MR) is 104 cm³/mol. The standard InChI is InChI=1S/C20H23N3O4/c1-20(2,3)27-19(26)21-13-17(24)22-15-9-11-16(12-10-15)23-18(25)14-7-5-4-6-8-14/h4-12H,13H2,1-3H3,(H,21,26)(H,22,24)(H,23,25). The monoisotopic (exact) mass is 369 g/mol. The summed E-state index contributed by atoms with van der Waals surface area (Å²) < 4.78 is 5.06. The first-order valence-corrected chi connectivity index (χ1v) is 8.46. The summed E-state index contributed by atoms with van der Waals surface area (Å²) in [5.41, 5.74) is 1.08. The van der Waals surface area contributed by atoms with Gasteiger partial charge in [0.15, 0.2) is 0 Å². The van der Waals surface area contributed by atoms with Crippen LogP contribution in [0.2, 0.25) is 0 Å². The van der Waals surface area contributed by atoms with Gasteiger partial charge >= 0.3 is 6.09 Å². The summed E-state index contributed by atoms with van der Waals surface area (Å²) in [5.74, 6) is -0.601. The molecule has 3 N–H and O–H groups in total. The van der Waals surface area contributed by atoms with Crippen molar-refractivity contribution in [3.63, 3.8) is 0 Å². The lowest BCUT2D eigenvalue weighted by atomic mass is 10.2. The molecule has 0 heterocycles. The normalized spacial score (nSPS) is 10.6. The number of carbonyl (C=O) groups excluding carboxylic acids is 3. The van der Waals surface area contributed by atoms with Crippen molar-refractivity contribution >= 4 is 29.3 Å². The molecule has 0 radical (unpaired) electrons. The quantitative estimate of drug-likeness (QED) is 0.752. The lowest BCUT2D eigenvalue weighted by Gasteiger charge is -2.19. The van der Waals surface area contributed by atoms with Crippen LogP contribution in [-0.2, 0) is 9.53 Å². The summed E-state index contributed by atoms with van der Waals surface area (Å²) in [5, 5.41) is 7.81. The molecule has 2 aromatic carbocycles. The van der Waals surface area contributed by atoms with Gasteiger partial charge in [-0.2, -0.15) is 0 Å². The Hall–Kier alpha value is -3.35. The maximum absolute atomic E-state index is 12.1. The van der Waals surface area contributed by atoms with Crippen molar-refractivity contribution in [2.75, 3.05) is 17.2 Å². The van der Waals surface area contributed by atoms with Crippen molar-refractivity contribution in [3.05, 3.63) is 60.2 Å². The number of rotatable bonds is 5. The van der Waals surface area contributed by atoms with Crippen LogP contribution < -0.4 is 16.0 Å². The van der Waals surface area contributed by atoms with Gasteiger partial charge in [0, 0.05) is 16.9 Å². The van der Waals surface area contributed by atoms with Gasteiger partial charge in [0.25, 0.3) is 5.91 Å². The molecule has 0 spiro atoms. The van der Waals surface area contributed by atoms with Crippen LogP contribution in [0.25, 0.3) is 0 Å². The molecule has 0 unspecified atom stereocenters. The third-order valence-corrected chi connectivity index (χ3v) is 3.25. The molecule has 3 amide bonds. The van der Waals surface area contributed by atoms with Crippen molar-refractivity contribution in [3.8, 4) is 0 Å². The highest BCUT2D eigenvalue weighted by atomic mass is 16.6. The summed E-state index contributed by atoms with van der Waals surface area (Å²) in [6.07, 6.45) is -0.656. The molecule has 7 nitrogen and oxygen atoms in total. The van der Waals surface area contributed by atoms with Crippen LogP contribution in [0.1, 0.15) is 31.1 Å². The number of carbonyl (C=O) groups is 3. The Bertz CT molecular complexity index is 796. The fourth-order valence-electron chi connectivity index (χ4n) is 2.10. The molecule has 0 aliphatic heterocycles. The second-order valence-corrected chi connectivity index (χ2v) is 6.80. The lowest BCUT2D eigenvalue weighted by Crippen LogP contribution is -2.37. The summed E-state index contributed by atoms with van der Waals surface area (Å²) in [6.45, 7) is 5.02. The SMILES string of the molecule is CC(C)(C)OC(=O)NCC(=O)Nc1ccc(NC(=O)c2ccccc2)cc1. The highest BCUT2D eigenvalue weighted by Gasteiger charge is 2.16. The second kappa shape index (κ2) is 8.84. The number of amides is 3. The predicted octanol–water partition coefficient (Wildman–Crippen LogP) is 3.40. The van der Waals surface area contributed by atoms with Crippen molar-refractivity contribution in [2.24, 2.45) is 0 Å². The summed E-state index contributed by atoms with van der Waals surface area (Å²) in [7, 11) is 0. The van der Waals surface area contributed by atoms with Crippen LogP contribution in [0.3, 0.4) is 0 Å². The zero-order valence-electron chi connectivity index (χ0n) is 15.5. The minimum absolute atomic E-state index is 0.207. The van der Waals surface area contributed by atoms with Crippen LogP contribution in [0.5, 0.6) is 0 Å². The van der Waals surface area contributed by atoms with E-state index in [1.807, 2.05) is 6.07 Å². The van der Waals surface area contributed by atoms with Crippen LogP contribution in [0.4, 0.5) is 16.2 Å². The zero-order valence-corrected chi connectivity index (χ0v) is 15.5. The van der Waals surface area contributed by atoms with Gasteiger partial charge < -0.3 is 20.7 Å². The van der Waals surface area contributed by atoms with E-state index < -0.39 is 11.7 Å². The number of hydrogen-bond donors (Lipinski definition) is 3. The molecule has 27 heavy (non-hydrogen) atoms. The van der Waals surface area contributed by atoms with Gasteiger partial charge in [-0.05, 0) is 57.2 Å². The molecule has 7 heteroatoms. The van der Waals surface area contributed by atoms with E-state index in [4.69, 9.17) is 4.74 Å². The van der Waals surface area contributed by atoms with E-state index in [-0.39, 0.29) is 18.4 Å². The van der Waals surface area contributed by atoms with Crippen LogP contribution in [0, 0.1) is 0 Å². The van der Waals surface area contributed by atoms with E-state index in [0.29, 0.717) is 16.9 Å². The second-order valence-electron chi connectivity index (χ2n) is 6.80. The first-order chi connectivity index (χ1) is 12.7.